The Kier molecular flexibility index (Phi) is 4.25. The molecule has 0 saturated carbocycles. The van der Waals surface area contributed by atoms with Gasteiger partial charge in [-0.05, 0) is 43.6 Å². The van der Waals surface area contributed by atoms with Gasteiger partial charge >= 0.3 is 0 Å². The summed E-state index contributed by atoms with van der Waals surface area (Å²) in [5, 5.41) is 12.8. The predicted octanol–water partition coefficient (Wildman–Crippen LogP) is 3.70. The maximum Gasteiger partial charge on any atom is 0.0898 e. The summed E-state index contributed by atoms with van der Waals surface area (Å²) in [6.07, 6.45) is 3.85. The summed E-state index contributed by atoms with van der Waals surface area (Å²) >= 11 is 7.66. The van der Waals surface area contributed by atoms with Gasteiger partial charge in [0.2, 0.25) is 0 Å². The average molecular weight is 261 g/mol. The summed E-state index contributed by atoms with van der Waals surface area (Å²) in [6.45, 7) is 2.84. The Hall–Kier alpha value is -0.0900. The molecule has 1 fully saturated rings. The molecule has 1 aliphatic rings. The third-order valence-electron chi connectivity index (χ3n) is 3.01. The van der Waals surface area contributed by atoms with Gasteiger partial charge in [-0.15, -0.1) is 11.3 Å². The Labute approximate surface area is 105 Å². The molecule has 1 aromatic heterocycles. The van der Waals surface area contributed by atoms with Gasteiger partial charge in [0.1, 0.15) is 0 Å². The molecule has 2 unspecified atom stereocenters. The number of ether oxygens (including phenoxy) is 1. The first-order valence-electron chi connectivity index (χ1n) is 5.71. The molecule has 16 heavy (non-hydrogen) atoms. The largest absolute Gasteiger partial charge is 0.388 e. The van der Waals surface area contributed by atoms with Gasteiger partial charge in [-0.1, -0.05) is 11.6 Å². The number of halogens is 1. The van der Waals surface area contributed by atoms with Crippen molar-refractivity contribution in [2.45, 2.75) is 44.8 Å². The standard InChI is InChI=1S/C12H17ClO2S/c1-8-7-16-12(11(8)13)10(14)5-4-9-3-2-6-15-9/h7,9-10,14H,2-6H2,1H3. The fraction of sp³-hybridized carbons (Fsp3) is 0.667. The smallest absolute Gasteiger partial charge is 0.0898 e. The zero-order valence-corrected chi connectivity index (χ0v) is 11.0. The number of aryl methyl sites for hydroxylation is 1. The Morgan fingerprint density at radius 2 is 2.50 bits per heavy atom. The summed E-state index contributed by atoms with van der Waals surface area (Å²) in [6, 6.07) is 0. The third-order valence-corrected chi connectivity index (χ3v) is 4.83. The second-order valence-electron chi connectivity index (χ2n) is 4.33. The Balaban J connectivity index is 1.87. The molecule has 1 N–H and O–H groups in total. The highest BCUT2D eigenvalue weighted by atomic mass is 35.5. The lowest BCUT2D eigenvalue weighted by atomic mass is 10.1. The van der Waals surface area contributed by atoms with Crippen LogP contribution in [0.15, 0.2) is 5.38 Å². The summed E-state index contributed by atoms with van der Waals surface area (Å²) in [7, 11) is 0. The first-order chi connectivity index (χ1) is 7.68. The maximum atomic E-state index is 10.0. The molecular weight excluding hydrogens is 244 g/mol. The van der Waals surface area contributed by atoms with Crippen molar-refractivity contribution in [3.05, 3.63) is 20.8 Å². The van der Waals surface area contributed by atoms with Crippen LogP contribution in [0.2, 0.25) is 5.02 Å². The third kappa shape index (κ3) is 2.77. The van der Waals surface area contributed by atoms with Gasteiger partial charge in [-0.25, -0.2) is 0 Å². The first-order valence-corrected chi connectivity index (χ1v) is 6.97. The van der Waals surface area contributed by atoms with Crippen molar-refractivity contribution in [2.75, 3.05) is 6.61 Å². The molecule has 2 nitrogen and oxygen atoms in total. The van der Waals surface area contributed by atoms with E-state index in [9.17, 15) is 5.11 Å². The SMILES string of the molecule is Cc1csc(C(O)CCC2CCCO2)c1Cl. The number of hydrogen-bond acceptors (Lipinski definition) is 3. The minimum absolute atomic E-state index is 0.342. The number of rotatable bonds is 4. The minimum Gasteiger partial charge on any atom is -0.388 e. The second-order valence-corrected chi connectivity index (χ2v) is 5.61. The van der Waals surface area contributed by atoms with Gasteiger partial charge in [0, 0.05) is 6.61 Å². The lowest BCUT2D eigenvalue weighted by Gasteiger charge is -2.13. The maximum absolute atomic E-state index is 10.0. The van der Waals surface area contributed by atoms with Crippen LogP contribution in [0.5, 0.6) is 0 Å². The van der Waals surface area contributed by atoms with Crippen molar-refractivity contribution in [1.82, 2.24) is 0 Å². The molecule has 90 valence electrons. The van der Waals surface area contributed by atoms with Crippen molar-refractivity contribution < 1.29 is 9.84 Å². The normalized spacial score (nSPS) is 22.6. The van der Waals surface area contributed by atoms with Crippen LogP contribution in [0.1, 0.15) is 42.2 Å². The first kappa shape index (κ1) is 12.4. The van der Waals surface area contributed by atoms with Crippen molar-refractivity contribution in [3.63, 3.8) is 0 Å². The molecule has 0 bridgehead atoms. The van der Waals surface area contributed by atoms with E-state index in [1.807, 2.05) is 12.3 Å². The van der Waals surface area contributed by atoms with E-state index < -0.39 is 6.10 Å². The van der Waals surface area contributed by atoms with E-state index in [-0.39, 0.29) is 0 Å². The quantitative estimate of drug-likeness (QED) is 0.895. The van der Waals surface area contributed by atoms with Crippen LogP contribution in [0.25, 0.3) is 0 Å². The molecule has 1 saturated heterocycles. The van der Waals surface area contributed by atoms with E-state index >= 15 is 0 Å². The number of hydrogen-bond donors (Lipinski definition) is 1. The molecule has 2 heterocycles. The van der Waals surface area contributed by atoms with E-state index in [0.717, 1.165) is 47.8 Å². The highest BCUT2D eigenvalue weighted by molar-refractivity contribution is 7.10. The lowest BCUT2D eigenvalue weighted by Crippen LogP contribution is -2.07. The van der Waals surface area contributed by atoms with Gasteiger partial charge < -0.3 is 9.84 Å². The van der Waals surface area contributed by atoms with Gasteiger partial charge in [-0.2, -0.15) is 0 Å². The molecular formula is C12H17ClO2S. The molecule has 2 atom stereocenters. The van der Waals surface area contributed by atoms with Gasteiger partial charge in [0.15, 0.2) is 0 Å². The topological polar surface area (TPSA) is 29.5 Å². The van der Waals surface area contributed by atoms with Crippen LogP contribution in [-0.4, -0.2) is 17.8 Å². The highest BCUT2D eigenvalue weighted by Gasteiger charge is 2.20. The summed E-state index contributed by atoms with van der Waals surface area (Å²) in [4.78, 5) is 0.900. The van der Waals surface area contributed by atoms with Gasteiger partial charge in [-0.3, -0.25) is 0 Å². The zero-order chi connectivity index (χ0) is 11.5. The van der Waals surface area contributed by atoms with Crippen molar-refractivity contribution >= 4 is 22.9 Å². The summed E-state index contributed by atoms with van der Waals surface area (Å²) in [5.41, 5.74) is 1.05. The fourth-order valence-corrected chi connectivity index (χ4v) is 3.36. The molecule has 4 heteroatoms. The molecule has 0 aliphatic carbocycles. The van der Waals surface area contributed by atoms with E-state index in [1.165, 1.54) is 0 Å². The van der Waals surface area contributed by atoms with Crippen molar-refractivity contribution in [2.24, 2.45) is 0 Å². The van der Waals surface area contributed by atoms with Crippen LogP contribution >= 0.6 is 22.9 Å². The Bertz CT molecular complexity index is 345. The summed E-state index contributed by atoms with van der Waals surface area (Å²) in [5.74, 6) is 0. The van der Waals surface area contributed by atoms with Crippen LogP contribution in [0.3, 0.4) is 0 Å². The van der Waals surface area contributed by atoms with Gasteiger partial charge in [0.05, 0.1) is 22.1 Å². The molecule has 0 aromatic carbocycles. The number of aliphatic hydroxyl groups is 1. The van der Waals surface area contributed by atoms with Crippen molar-refractivity contribution in [1.29, 1.82) is 0 Å². The monoisotopic (exact) mass is 260 g/mol. The van der Waals surface area contributed by atoms with Crippen LogP contribution in [0.4, 0.5) is 0 Å². The van der Waals surface area contributed by atoms with E-state index in [4.69, 9.17) is 16.3 Å². The van der Waals surface area contributed by atoms with Gasteiger partial charge in [0.25, 0.3) is 0 Å². The van der Waals surface area contributed by atoms with Crippen LogP contribution in [0, 0.1) is 6.92 Å². The average Bonchev–Trinajstić information content (AvgIpc) is 2.88. The van der Waals surface area contributed by atoms with Crippen LogP contribution < -0.4 is 0 Å². The summed E-state index contributed by atoms with van der Waals surface area (Å²) < 4.78 is 5.53. The highest BCUT2D eigenvalue weighted by Crippen LogP contribution is 2.35. The fourth-order valence-electron chi connectivity index (χ4n) is 2.02. The number of thiophene rings is 1. The molecule has 1 aromatic rings. The number of aliphatic hydroxyl groups excluding tert-OH is 1. The Morgan fingerprint density at radius 3 is 3.06 bits per heavy atom. The zero-order valence-electron chi connectivity index (χ0n) is 9.41. The second kappa shape index (κ2) is 5.50. The van der Waals surface area contributed by atoms with Crippen LogP contribution in [-0.2, 0) is 4.74 Å². The minimum atomic E-state index is -0.435. The van der Waals surface area contributed by atoms with E-state index in [1.54, 1.807) is 11.3 Å². The Morgan fingerprint density at radius 1 is 1.69 bits per heavy atom. The molecule has 0 radical (unpaired) electrons. The van der Waals surface area contributed by atoms with E-state index in [0.29, 0.717) is 6.10 Å². The molecule has 1 aliphatic heterocycles. The lowest BCUT2D eigenvalue weighted by molar-refractivity contribution is 0.0820. The molecule has 2 rings (SSSR count). The molecule has 0 spiro atoms. The van der Waals surface area contributed by atoms with E-state index in [2.05, 4.69) is 0 Å². The van der Waals surface area contributed by atoms with Crippen molar-refractivity contribution in [3.8, 4) is 0 Å². The molecule has 0 amide bonds. The predicted molar refractivity (Wildman–Crippen MR) is 67.2 cm³/mol.